The maximum atomic E-state index is 11.4. The maximum Gasteiger partial charge on any atom is 0.314 e. The van der Waals surface area contributed by atoms with E-state index in [0.717, 1.165) is 0 Å². The summed E-state index contributed by atoms with van der Waals surface area (Å²) in [5.41, 5.74) is 0. The lowest BCUT2D eigenvalue weighted by molar-refractivity contribution is -0.153. The highest BCUT2D eigenvalue weighted by atomic mass is 16.4. The Labute approximate surface area is 75.9 Å². The van der Waals surface area contributed by atoms with Gasteiger partial charge in [0.05, 0.1) is 5.92 Å². The third-order valence-electron chi connectivity index (χ3n) is 2.57. The van der Waals surface area contributed by atoms with Crippen LogP contribution in [0.5, 0.6) is 0 Å². The van der Waals surface area contributed by atoms with Crippen LogP contribution in [0.1, 0.15) is 20.3 Å². The number of ketones is 2. The minimum absolute atomic E-state index is 0.144. The average Bonchev–Trinajstić information content (AvgIpc) is 1.99. The minimum atomic E-state index is -1.11. The number of carboxylic acids is 1. The Bertz CT molecular complexity index is 269. The van der Waals surface area contributed by atoms with Crippen LogP contribution >= 0.6 is 0 Å². The molecule has 0 aliphatic heterocycles. The summed E-state index contributed by atoms with van der Waals surface area (Å²) in [7, 11) is 0. The Balaban J connectivity index is 2.92. The van der Waals surface area contributed by atoms with Crippen LogP contribution in [0.3, 0.4) is 0 Å². The average molecular weight is 184 g/mol. The second kappa shape index (κ2) is 3.28. The van der Waals surface area contributed by atoms with Gasteiger partial charge in [0.15, 0.2) is 5.78 Å². The normalized spacial score (nSPS) is 34.8. The molecule has 0 heterocycles. The fourth-order valence-corrected chi connectivity index (χ4v) is 1.69. The molecule has 1 N–H and O–H groups in total. The topological polar surface area (TPSA) is 71.4 Å². The van der Waals surface area contributed by atoms with Crippen molar-refractivity contribution in [2.45, 2.75) is 20.3 Å². The fourth-order valence-electron chi connectivity index (χ4n) is 1.69. The lowest BCUT2D eigenvalue weighted by atomic mass is 9.74. The zero-order valence-corrected chi connectivity index (χ0v) is 7.61. The number of aliphatic carboxylic acids is 1. The van der Waals surface area contributed by atoms with Crippen molar-refractivity contribution < 1.29 is 19.5 Å². The van der Waals surface area contributed by atoms with Crippen molar-refractivity contribution in [3.05, 3.63) is 0 Å². The van der Waals surface area contributed by atoms with Crippen molar-refractivity contribution in [1.82, 2.24) is 0 Å². The molecule has 0 bridgehead atoms. The van der Waals surface area contributed by atoms with Gasteiger partial charge in [0.25, 0.3) is 0 Å². The van der Waals surface area contributed by atoms with Gasteiger partial charge >= 0.3 is 5.97 Å². The van der Waals surface area contributed by atoms with Gasteiger partial charge in [0.2, 0.25) is 0 Å². The van der Waals surface area contributed by atoms with Gasteiger partial charge in [-0.1, -0.05) is 6.92 Å². The molecule has 13 heavy (non-hydrogen) atoms. The summed E-state index contributed by atoms with van der Waals surface area (Å²) in [6.45, 7) is 3.10. The van der Waals surface area contributed by atoms with Crippen LogP contribution in [0.15, 0.2) is 0 Å². The second-order valence-corrected chi connectivity index (χ2v) is 3.59. The van der Waals surface area contributed by atoms with E-state index in [1.165, 1.54) is 6.92 Å². The third kappa shape index (κ3) is 1.61. The summed E-state index contributed by atoms with van der Waals surface area (Å²) in [5.74, 6) is -3.80. The molecule has 4 nitrogen and oxygen atoms in total. The van der Waals surface area contributed by atoms with Crippen LogP contribution in [-0.4, -0.2) is 22.6 Å². The van der Waals surface area contributed by atoms with E-state index in [1.54, 1.807) is 6.92 Å². The van der Waals surface area contributed by atoms with Crippen molar-refractivity contribution in [2.75, 3.05) is 0 Å². The molecule has 4 heteroatoms. The second-order valence-electron chi connectivity index (χ2n) is 3.59. The van der Waals surface area contributed by atoms with Gasteiger partial charge in [-0.05, 0) is 12.8 Å². The first-order chi connectivity index (χ1) is 5.95. The molecular weight excluding hydrogens is 172 g/mol. The van der Waals surface area contributed by atoms with Gasteiger partial charge in [0.1, 0.15) is 11.7 Å². The standard InChI is InChI=1S/C9H12O4/c1-4-3-6(10)5(2)8(11)7(4)9(12)13/h4-5,7H,3H2,1-2H3,(H,12,13). The Morgan fingerprint density at radius 2 is 1.92 bits per heavy atom. The Hall–Kier alpha value is -1.19. The lowest BCUT2D eigenvalue weighted by Crippen LogP contribution is -2.42. The van der Waals surface area contributed by atoms with E-state index in [4.69, 9.17) is 5.11 Å². The van der Waals surface area contributed by atoms with Crippen LogP contribution in [-0.2, 0) is 14.4 Å². The summed E-state index contributed by atoms with van der Waals surface area (Å²) < 4.78 is 0. The summed E-state index contributed by atoms with van der Waals surface area (Å²) in [5, 5.41) is 8.75. The molecule has 0 spiro atoms. The Morgan fingerprint density at radius 3 is 2.38 bits per heavy atom. The van der Waals surface area contributed by atoms with Gasteiger partial charge in [-0.2, -0.15) is 0 Å². The van der Waals surface area contributed by atoms with E-state index in [1.807, 2.05) is 0 Å². The molecule has 0 amide bonds. The first-order valence-electron chi connectivity index (χ1n) is 4.24. The zero-order valence-electron chi connectivity index (χ0n) is 7.61. The van der Waals surface area contributed by atoms with Crippen molar-refractivity contribution in [3.8, 4) is 0 Å². The summed E-state index contributed by atoms with van der Waals surface area (Å²) in [6, 6.07) is 0. The highest BCUT2D eigenvalue weighted by Crippen LogP contribution is 2.28. The van der Waals surface area contributed by atoms with Crippen LogP contribution in [0.25, 0.3) is 0 Å². The van der Waals surface area contributed by atoms with Crippen LogP contribution in [0.4, 0.5) is 0 Å². The summed E-state index contributed by atoms with van der Waals surface area (Å²) in [4.78, 5) is 33.3. The monoisotopic (exact) mass is 184 g/mol. The number of carbonyl (C=O) groups is 3. The highest BCUT2D eigenvalue weighted by Gasteiger charge is 2.42. The van der Waals surface area contributed by atoms with Crippen molar-refractivity contribution >= 4 is 17.5 Å². The third-order valence-corrected chi connectivity index (χ3v) is 2.57. The SMILES string of the molecule is CC1C(=O)CC(C)C(C(=O)O)C1=O. The van der Waals surface area contributed by atoms with Crippen LogP contribution in [0.2, 0.25) is 0 Å². The molecule has 0 radical (unpaired) electrons. The smallest absolute Gasteiger partial charge is 0.314 e. The summed E-state index contributed by atoms with van der Waals surface area (Å²) >= 11 is 0. The minimum Gasteiger partial charge on any atom is -0.481 e. The van der Waals surface area contributed by atoms with Gasteiger partial charge in [-0.15, -0.1) is 0 Å². The fraction of sp³-hybridized carbons (Fsp3) is 0.667. The molecular formula is C9H12O4. The van der Waals surface area contributed by atoms with E-state index < -0.39 is 23.6 Å². The number of carboxylic acid groups (broad SMARTS) is 1. The zero-order chi connectivity index (χ0) is 10.2. The van der Waals surface area contributed by atoms with Gasteiger partial charge in [-0.25, -0.2) is 0 Å². The van der Waals surface area contributed by atoms with Crippen LogP contribution in [0, 0.1) is 17.8 Å². The van der Waals surface area contributed by atoms with E-state index in [2.05, 4.69) is 0 Å². The predicted octanol–water partition coefficient (Wildman–Crippen LogP) is 0.501. The molecule has 1 fully saturated rings. The first kappa shape index (κ1) is 9.89. The highest BCUT2D eigenvalue weighted by molar-refractivity contribution is 6.12. The van der Waals surface area contributed by atoms with Crippen molar-refractivity contribution in [2.24, 2.45) is 17.8 Å². The van der Waals surface area contributed by atoms with E-state index in [-0.39, 0.29) is 18.1 Å². The van der Waals surface area contributed by atoms with Crippen LogP contribution < -0.4 is 0 Å². The number of rotatable bonds is 1. The number of hydrogen-bond acceptors (Lipinski definition) is 3. The van der Waals surface area contributed by atoms with Gasteiger partial charge < -0.3 is 5.11 Å². The molecule has 0 aromatic heterocycles. The molecule has 0 aromatic rings. The molecule has 72 valence electrons. The molecule has 1 rings (SSSR count). The largest absolute Gasteiger partial charge is 0.481 e. The van der Waals surface area contributed by atoms with E-state index in [9.17, 15) is 14.4 Å². The Kier molecular flexibility index (Phi) is 2.50. The molecule has 3 unspecified atom stereocenters. The van der Waals surface area contributed by atoms with E-state index >= 15 is 0 Å². The van der Waals surface area contributed by atoms with Gasteiger partial charge in [-0.3, -0.25) is 14.4 Å². The van der Waals surface area contributed by atoms with Crippen molar-refractivity contribution in [1.29, 1.82) is 0 Å². The molecule has 1 saturated carbocycles. The lowest BCUT2D eigenvalue weighted by Gasteiger charge is -2.27. The molecule has 1 aliphatic rings. The van der Waals surface area contributed by atoms with Crippen molar-refractivity contribution in [3.63, 3.8) is 0 Å². The Morgan fingerprint density at radius 1 is 1.38 bits per heavy atom. The summed E-state index contributed by atoms with van der Waals surface area (Å²) in [6.07, 6.45) is 0.198. The number of Topliss-reactive ketones (excluding diaryl/α,β-unsaturated/α-hetero) is 2. The molecule has 0 aromatic carbocycles. The number of carbonyl (C=O) groups excluding carboxylic acids is 2. The molecule has 1 aliphatic carbocycles. The van der Waals surface area contributed by atoms with E-state index in [0.29, 0.717) is 0 Å². The first-order valence-corrected chi connectivity index (χ1v) is 4.24. The number of hydrogen-bond donors (Lipinski definition) is 1. The quantitative estimate of drug-likeness (QED) is 0.602. The molecule has 3 atom stereocenters. The predicted molar refractivity (Wildman–Crippen MR) is 44.1 cm³/mol. The molecule has 0 saturated heterocycles. The van der Waals surface area contributed by atoms with Gasteiger partial charge in [0, 0.05) is 6.42 Å². The maximum absolute atomic E-state index is 11.4.